The van der Waals surface area contributed by atoms with Crippen molar-refractivity contribution < 1.29 is 0 Å². The van der Waals surface area contributed by atoms with E-state index in [1.807, 2.05) is 18.3 Å². The van der Waals surface area contributed by atoms with Gasteiger partial charge in [0.05, 0.1) is 0 Å². The zero-order valence-corrected chi connectivity index (χ0v) is 11.4. The monoisotopic (exact) mass is 276 g/mol. The topological polar surface area (TPSA) is 103 Å². The van der Waals surface area contributed by atoms with Gasteiger partial charge in [0.1, 0.15) is 16.7 Å². The first-order valence-corrected chi connectivity index (χ1v) is 6.72. The molecule has 0 aromatic carbocycles. The Balaban J connectivity index is 2.06. The van der Waals surface area contributed by atoms with Gasteiger partial charge in [0.25, 0.3) is 0 Å². The van der Waals surface area contributed by atoms with Gasteiger partial charge in [0.15, 0.2) is 5.16 Å². The van der Waals surface area contributed by atoms with Gasteiger partial charge in [-0.05, 0) is 29.9 Å². The van der Waals surface area contributed by atoms with Crippen LogP contribution in [0, 0.1) is 0 Å². The molecule has 0 saturated carbocycles. The van der Waals surface area contributed by atoms with Crippen LogP contribution in [0.4, 0.5) is 11.6 Å². The second kappa shape index (κ2) is 6.35. The molecule has 0 aliphatic rings. The Hall–Kier alpha value is -1.86. The predicted molar refractivity (Wildman–Crippen MR) is 76.6 cm³/mol. The first-order valence-electron chi connectivity index (χ1n) is 5.91. The highest BCUT2D eigenvalue weighted by molar-refractivity contribution is 7.99. The number of hydrogen-bond acceptors (Lipinski definition) is 7. The lowest BCUT2D eigenvalue weighted by Crippen LogP contribution is -2.11. The fraction of sp³-hybridized carbons (Fsp3) is 0.250. The average Bonchev–Trinajstić information content (AvgIpc) is 2.37. The van der Waals surface area contributed by atoms with Gasteiger partial charge in [0.2, 0.25) is 0 Å². The molecule has 0 fully saturated rings. The van der Waals surface area contributed by atoms with E-state index in [2.05, 4.69) is 27.2 Å². The summed E-state index contributed by atoms with van der Waals surface area (Å²) in [7, 11) is 0. The molecule has 0 radical (unpaired) electrons. The van der Waals surface area contributed by atoms with Crippen molar-refractivity contribution in [1.82, 2.24) is 20.3 Å². The summed E-state index contributed by atoms with van der Waals surface area (Å²) < 4.78 is 0. The summed E-state index contributed by atoms with van der Waals surface area (Å²) in [6.45, 7) is 3.82. The van der Waals surface area contributed by atoms with E-state index in [9.17, 15) is 0 Å². The number of anilines is 2. The summed E-state index contributed by atoms with van der Waals surface area (Å²) in [4.78, 5) is 12.5. The van der Waals surface area contributed by atoms with Gasteiger partial charge in [-0.1, -0.05) is 13.0 Å². The molecule has 100 valence electrons. The number of nitrogen functional groups attached to an aromatic ring is 2. The maximum atomic E-state index is 5.62. The summed E-state index contributed by atoms with van der Waals surface area (Å²) in [6.07, 6.45) is 1.83. The average molecular weight is 276 g/mol. The maximum absolute atomic E-state index is 5.62. The lowest BCUT2D eigenvalue weighted by molar-refractivity contribution is 0.723. The van der Waals surface area contributed by atoms with Crippen molar-refractivity contribution in [3.63, 3.8) is 0 Å². The molecule has 7 heteroatoms. The highest BCUT2D eigenvalue weighted by Gasteiger charge is 2.04. The summed E-state index contributed by atoms with van der Waals surface area (Å²) in [5.74, 6) is 0.720. The van der Waals surface area contributed by atoms with E-state index in [0.29, 0.717) is 16.8 Å². The molecular weight excluding hydrogens is 260 g/mol. The molecule has 0 spiro atoms. The molecule has 0 atom stereocenters. The number of rotatable bonds is 5. The lowest BCUT2D eigenvalue weighted by Gasteiger charge is -2.04. The Kier molecular flexibility index (Phi) is 4.53. The van der Waals surface area contributed by atoms with Gasteiger partial charge < -0.3 is 16.8 Å². The summed E-state index contributed by atoms with van der Waals surface area (Å²) in [5, 5.41) is 4.56. The maximum Gasteiger partial charge on any atom is 0.197 e. The van der Waals surface area contributed by atoms with Gasteiger partial charge in [-0.25, -0.2) is 15.0 Å². The van der Waals surface area contributed by atoms with E-state index >= 15 is 0 Å². The minimum atomic E-state index is 0.360. The van der Waals surface area contributed by atoms with E-state index in [1.54, 1.807) is 0 Å². The van der Waals surface area contributed by atoms with E-state index in [0.717, 1.165) is 23.7 Å². The minimum Gasteiger partial charge on any atom is -0.383 e. The zero-order valence-electron chi connectivity index (χ0n) is 10.6. The molecule has 0 aliphatic carbocycles. The van der Waals surface area contributed by atoms with Crippen molar-refractivity contribution >= 4 is 23.4 Å². The molecule has 2 rings (SSSR count). The number of aromatic nitrogens is 3. The third kappa shape index (κ3) is 4.08. The van der Waals surface area contributed by atoms with Gasteiger partial charge in [-0.15, -0.1) is 0 Å². The van der Waals surface area contributed by atoms with Gasteiger partial charge >= 0.3 is 0 Å². The van der Waals surface area contributed by atoms with E-state index < -0.39 is 0 Å². The van der Waals surface area contributed by atoms with Crippen LogP contribution in [0.25, 0.3) is 0 Å². The molecule has 0 aliphatic heterocycles. The third-order valence-electron chi connectivity index (χ3n) is 2.32. The number of nitrogens with two attached hydrogens (primary N) is 2. The number of pyridine rings is 1. The second-order valence-electron chi connectivity index (χ2n) is 3.89. The van der Waals surface area contributed by atoms with Crippen molar-refractivity contribution in [2.24, 2.45) is 0 Å². The van der Waals surface area contributed by atoms with Crippen molar-refractivity contribution in [2.75, 3.05) is 18.0 Å². The van der Waals surface area contributed by atoms with Crippen LogP contribution in [0.15, 0.2) is 34.6 Å². The standard InChI is InChI=1S/C12H16N6S/c1-2-15-6-8-3-4-11(16-7-8)19-12-17-9(13)5-10(14)18-12/h3-5,7,15H,2,6H2,1H3,(H4,13,14,17,18). The smallest absolute Gasteiger partial charge is 0.197 e. The quantitative estimate of drug-likeness (QED) is 0.707. The van der Waals surface area contributed by atoms with Crippen molar-refractivity contribution in [3.8, 4) is 0 Å². The zero-order chi connectivity index (χ0) is 13.7. The molecule has 0 unspecified atom stereocenters. The Labute approximate surface area is 116 Å². The predicted octanol–water partition coefficient (Wildman–Crippen LogP) is 1.30. The molecule has 0 saturated heterocycles. The Bertz CT molecular complexity index is 522. The Morgan fingerprint density at radius 2 is 1.95 bits per heavy atom. The molecule has 19 heavy (non-hydrogen) atoms. The molecule has 0 amide bonds. The van der Waals surface area contributed by atoms with Crippen molar-refractivity contribution in [1.29, 1.82) is 0 Å². The molecule has 6 nitrogen and oxygen atoms in total. The second-order valence-corrected chi connectivity index (χ2v) is 4.87. The molecule has 5 N–H and O–H groups in total. The largest absolute Gasteiger partial charge is 0.383 e. The molecular formula is C12H16N6S. The molecule has 2 aromatic heterocycles. The van der Waals surface area contributed by atoms with Crippen LogP contribution in [0.1, 0.15) is 12.5 Å². The number of hydrogen-bond donors (Lipinski definition) is 3. The first-order chi connectivity index (χ1) is 9.17. The van der Waals surface area contributed by atoms with Crippen molar-refractivity contribution in [2.45, 2.75) is 23.7 Å². The summed E-state index contributed by atoms with van der Waals surface area (Å²) >= 11 is 1.33. The summed E-state index contributed by atoms with van der Waals surface area (Å²) in [6, 6.07) is 5.48. The normalized spacial score (nSPS) is 10.6. The van der Waals surface area contributed by atoms with Gasteiger partial charge in [-0.3, -0.25) is 0 Å². The Morgan fingerprint density at radius 1 is 1.21 bits per heavy atom. The van der Waals surface area contributed by atoms with Crippen LogP contribution < -0.4 is 16.8 Å². The van der Waals surface area contributed by atoms with E-state index in [1.165, 1.54) is 17.8 Å². The van der Waals surface area contributed by atoms with Crippen LogP contribution in [0.5, 0.6) is 0 Å². The molecule has 2 heterocycles. The molecule has 0 bridgehead atoms. The fourth-order valence-corrected chi connectivity index (χ4v) is 2.18. The third-order valence-corrected chi connectivity index (χ3v) is 3.13. The molecule has 2 aromatic rings. The minimum absolute atomic E-state index is 0.360. The number of nitrogens with zero attached hydrogens (tertiary/aromatic N) is 3. The lowest BCUT2D eigenvalue weighted by atomic mass is 10.3. The Morgan fingerprint density at radius 3 is 2.53 bits per heavy atom. The first kappa shape index (κ1) is 13.6. The van der Waals surface area contributed by atoms with Gasteiger partial charge in [-0.2, -0.15) is 0 Å². The van der Waals surface area contributed by atoms with E-state index in [-0.39, 0.29) is 0 Å². The van der Waals surface area contributed by atoms with Crippen molar-refractivity contribution in [3.05, 3.63) is 30.0 Å². The SMILES string of the molecule is CCNCc1ccc(Sc2nc(N)cc(N)n2)nc1. The fourth-order valence-electron chi connectivity index (χ4n) is 1.45. The van der Waals surface area contributed by atoms with E-state index in [4.69, 9.17) is 11.5 Å². The van der Waals surface area contributed by atoms with Crippen LogP contribution in [-0.4, -0.2) is 21.5 Å². The van der Waals surface area contributed by atoms with Gasteiger partial charge in [0, 0.05) is 18.8 Å². The van der Waals surface area contributed by atoms with Crippen LogP contribution >= 0.6 is 11.8 Å². The van der Waals surface area contributed by atoms with Crippen LogP contribution in [-0.2, 0) is 6.54 Å². The number of nitrogens with one attached hydrogen (secondary N) is 1. The summed E-state index contributed by atoms with van der Waals surface area (Å²) in [5.41, 5.74) is 12.4. The van der Waals surface area contributed by atoms with Crippen LogP contribution in [0.2, 0.25) is 0 Å². The highest BCUT2D eigenvalue weighted by atomic mass is 32.2. The highest BCUT2D eigenvalue weighted by Crippen LogP contribution is 2.24. The van der Waals surface area contributed by atoms with Crippen LogP contribution in [0.3, 0.4) is 0 Å².